The molecule has 1 atom stereocenters. The molecule has 0 saturated carbocycles. The van der Waals surface area contributed by atoms with E-state index in [1.54, 1.807) is 0 Å². The van der Waals surface area contributed by atoms with Crippen LogP contribution in [0.5, 0.6) is 0 Å². The number of aromatic nitrogens is 2. The van der Waals surface area contributed by atoms with Crippen molar-refractivity contribution in [3.05, 3.63) is 53.6 Å². The van der Waals surface area contributed by atoms with Crippen molar-refractivity contribution >= 4 is 23.8 Å². The minimum absolute atomic E-state index is 0. The van der Waals surface area contributed by atoms with Crippen molar-refractivity contribution in [1.29, 1.82) is 0 Å². The Labute approximate surface area is 210 Å². The van der Waals surface area contributed by atoms with Gasteiger partial charge >= 0.3 is 59.1 Å². The van der Waals surface area contributed by atoms with Gasteiger partial charge in [0.2, 0.25) is 5.91 Å². The Hall–Kier alpha value is -1.69. The molecule has 0 bridgehead atoms. The number of H-pyrrole nitrogens is 1. The molecule has 3 N–H and O–H groups in total. The fourth-order valence-electron chi connectivity index (χ4n) is 2.32. The number of amides is 2. The first-order valence-electron chi connectivity index (χ1n) is 7.94. The van der Waals surface area contributed by atoms with Gasteiger partial charge in [-0.25, -0.2) is 4.98 Å². The summed E-state index contributed by atoms with van der Waals surface area (Å²) in [5.74, 6) is -4.24. The molecule has 2 amide bonds. The molecule has 0 aliphatic rings. The molecule has 0 aliphatic carbocycles. The normalized spacial score (nSPS) is 10.6. The molecule has 12 heteroatoms. The molecule has 29 heavy (non-hydrogen) atoms. The van der Waals surface area contributed by atoms with E-state index in [1.807, 2.05) is 0 Å². The van der Waals surface area contributed by atoms with E-state index in [-0.39, 0.29) is 89.6 Å². The quantitative estimate of drug-likeness (QED) is 0.340. The van der Waals surface area contributed by atoms with Gasteiger partial charge in [-0.2, -0.15) is 0 Å². The van der Waals surface area contributed by atoms with Gasteiger partial charge in [0, 0.05) is 42.4 Å². The average Bonchev–Trinajstić information content (AvgIpc) is 3.14. The molecule has 1 aromatic heterocycles. The number of benzene rings is 1. The van der Waals surface area contributed by atoms with Crippen LogP contribution in [0.3, 0.4) is 0 Å². The Bertz CT molecular complexity index is 844. The third-order valence-corrected chi connectivity index (χ3v) is 3.63. The molecule has 0 unspecified atom stereocenters. The standard InChI is InChI=1S/C17H18N4O6.2Na/c22-14(21-13(17(26)27)7-10-8-18-9-20-10)5-6-19-15(23)11-3-1-2-4-12(11)16(24)25;;/h1-4,8-9,13H,5-7H2,(H,18,20)(H,19,23)(H,21,22)(H,24,25)(H,26,27);;/q;2*+1/p-2/t13-;;/m0../s1. The maximum absolute atomic E-state index is 12.0. The van der Waals surface area contributed by atoms with Crippen molar-refractivity contribution in [2.75, 3.05) is 6.54 Å². The Morgan fingerprint density at radius 2 is 1.72 bits per heavy atom. The summed E-state index contributed by atoms with van der Waals surface area (Å²) < 4.78 is 0. The maximum atomic E-state index is 12.0. The third kappa shape index (κ3) is 8.69. The summed E-state index contributed by atoms with van der Waals surface area (Å²) in [6.07, 6.45) is 2.58. The van der Waals surface area contributed by atoms with Crippen LogP contribution in [-0.2, 0) is 16.0 Å². The van der Waals surface area contributed by atoms with E-state index in [1.165, 1.54) is 36.8 Å². The second kappa shape index (κ2) is 13.5. The molecule has 1 aromatic carbocycles. The van der Waals surface area contributed by atoms with Gasteiger partial charge in [-0.15, -0.1) is 0 Å². The molecular formula is C17H16N4Na2O6. The Balaban J connectivity index is 0.00000392. The first-order valence-corrected chi connectivity index (χ1v) is 7.94. The molecule has 0 fully saturated rings. The fourth-order valence-corrected chi connectivity index (χ4v) is 2.32. The zero-order valence-electron chi connectivity index (χ0n) is 16.1. The number of nitrogens with one attached hydrogen (secondary N) is 3. The van der Waals surface area contributed by atoms with Crippen LogP contribution in [0.15, 0.2) is 36.8 Å². The third-order valence-electron chi connectivity index (χ3n) is 3.63. The second-order valence-electron chi connectivity index (χ2n) is 5.56. The molecule has 0 saturated heterocycles. The number of carboxylic acid groups (broad SMARTS) is 2. The van der Waals surface area contributed by atoms with Gasteiger partial charge in [-0.3, -0.25) is 9.59 Å². The fraction of sp³-hybridized carbons (Fsp3) is 0.235. The van der Waals surface area contributed by atoms with Crippen molar-refractivity contribution in [2.45, 2.75) is 18.9 Å². The summed E-state index contributed by atoms with van der Waals surface area (Å²) in [6, 6.07) is 4.24. The smallest absolute Gasteiger partial charge is 0.548 e. The molecule has 0 spiro atoms. The number of carboxylic acids is 2. The van der Waals surface area contributed by atoms with Crippen LogP contribution in [0.2, 0.25) is 0 Å². The van der Waals surface area contributed by atoms with Crippen molar-refractivity contribution < 1.29 is 88.5 Å². The maximum Gasteiger partial charge on any atom is 1.00 e. The number of aliphatic carboxylic acids is 1. The zero-order chi connectivity index (χ0) is 19.8. The number of hydrogen-bond acceptors (Lipinski definition) is 7. The van der Waals surface area contributed by atoms with Crippen LogP contribution >= 0.6 is 0 Å². The number of hydrogen-bond donors (Lipinski definition) is 3. The summed E-state index contributed by atoms with van der Waals surface area (Å²) >= 11 is 0. The molecule has 2 aromatic rings. The molecule has 10 nitrogen and oxygen atoms in total. The van der Waals surface area contributed by atoms with E-state index in [9.17, 15) is 29.4 Å². The van der Waals surface area contributed by atoms with Gasteiger partial charge in [-0.05, 0) is 6.07 Å². The first kappa shape index (κ1) is 27.3. The number of imidazole rings is 1. The predicted octanol–water partition coefficient (Wildman–Crippen LogP) is -8.62. The van der Waals surface area contributed by atoms with Gasteiger partial charge in [0.25, 0.3) is 5.91 Å². The topological polar surface area (TPSA) is 167 Å². The SMILES string of the molecule is O=C(CCNC(=O)c1ccccc1C(=O)[O-])N[C@@H](Cc1cnc[nH]1)C(=O)[O-].[Na+].[Na+]. The van der Waals surface area contributed by atoms with E-state index in [4.69, 9.17) is 0 Å². The van der Waals surface area contributed by atoms with Crippen molar-refractivity contribution in [3.8, 4) is 0 Å². The predicted molar refractivity (Wildman–Crippen MR) is 87.0 cm³/mol. The van der Waals surface area contributed by atoms with E-state index < -0.39 is 29.8 Å². The van der Waals surface area contributed by atoms with Gasteiger partial charge in [0.1, 0.15) is 0 Å². The number of aromatic amines is 1. The molecule has 0 radical (unpaired) electrons. The average molecular weight is 418 g/mol. The molecular weight excluding hydrogens is 402 g/mol. The minimum atomic E-state index is -1.49. The Morgan fingerprint density at radius 3 is 2.28 bits per heavy atom. The van der Waals surface area contributed by atoms with Crippen LogP contribution in [0.4, 0.5) is 0 Å². The monoisotopic (exact) mass is 418 g/mol. The first-order chi connectivity index (χ1) is 12.9. The van der Waals surface area contributed by atoms with Gasteiger partial charge in [-0.1, -0.05) is 18.2 Å². The van der Waals surface area contributed by atoms with Crippen LogP contribution in [0, 0.1) is 0 Å². The Kier molecular flexibility index (Phi) is 12.7. The number of aromatic carboxylic acids is 1. The number of carbonyl (C=O) groups excluding carboxylic acids is 4. The molecule has 2 rings (SSSR count). The summed E-state index contributed by atoms with van der Waals surface area (Å²) in [4.78, 5) is 52.6. The van der Waals surface area contributed by atoms with Crippen molar-refractivity contribution in [2.24, 2.45) is 0 Å². The van der Waals surface area contributed by atoms with Crippen LogP contribution in [0.25, 0.3) is 0 Å². The second-order valence-corrected chi connectivity index (χ2v) is 5.56. The van der Waals surface area contributed by atoms with E-state index >= 15 is 0 Å². The van der Waals surface area contributed by atoms with Gasteiger partial charge in [0.15, 0.2) is 0 Å². The van der Waals surface area contributed by atoms with Crippen LogP contribution in [0.1, 0.15) is 32.8 Å². The number of rotatable bonds is 9. The number of carbonyl (C=O) groups is 4. The molecule has 1 heterocycles. The number of nitrogens with zero attached hydrogens (tertiary/aromatic N) is 1. The van der Waals surface area contributed by atoms with Crippen molar-refractivity contribution in [3.63, 3.8) is 0 Å². The molecule has 142 valence electrons. The van der Waals surface area contributed by atoms with Gasteiger partial charge in [0.05, 0.1) is 24.3 Å². The van der Waals surface area contributed by atoms with E-state index in [0.717, 1.165) is 0 Å². The van der Waals surface area contributed by atoms with Crippen LogP contribution < -0.4 is 80.0 Å². The summed E-state index contributed by atoms with van der Waals surface area (Å²) in [6.45, 7) is -0.115. The van der Waals surface area contributed by atoms with Crippen molar-refractivity contribution in [1.82, 2.24) is 20.6 Å². The van der Waals surface area contributed by atoms with E-state index in [0.29, 0.717) is 5.69 Å². The minimum Gasteiger partial charge on any atom is -0.548 e. The summed E-state index contributed by atoms with van der Waals surface area (Å²) in [5.41, 5.74) is 0.150. The summed E-state index contributed by atoms with van der Waals surface area (Å²) in [5, 5.41) is 26.8. The van der Waals surface area contributed by atoms with E-state index in [2.05, 4.69) is 20.6 Å². The van der Waals surface area contributed by atoms with Crippen LogP contribution in [-0.4, -0.2) is 46.3 Å². The zero-order valence-corrected chi connectivity index (χ0v) is 20.1. The largest absolute Gasteiger partial charge is 1.00 e. The summed E-state index contributed by atoms with van der Waals surface area (Å²) in [7, 11) is 0. The van der Waals surface area contributed by atoms with Gasteiger partial charge < -0.3 is 35.4 Å². The Morgan fingerprint density at radius 1 is 1.07 bits per heavy atom. The molecule has 0 aliphatic heterocycles.